The monoisotopic (exact) mass is 477 g/mol. The van der Waals surface area contributed by atoms with Crippen LogP contribution in [0.25, 0.3) is 0 Å². The highest BCUT2D eigenvalue weighted by molar-refractivity contribution is 7.10. The minimum absolute atomic E-state index is 0.0224. The summed E-state index contributed by atoms with van der Waals surface area (Å²) in [5.41, 5.74) is 4.04. The zero-order valence-corrected chi connectivity index (χ0v) is 20.7. The van der Waals surface area contributed by atoms with E-state index in [0.29, 0.717) is 25.4 Å². The first-order chi connectivity index (χ1) is 16.5. The first kappa shape index (κ1) is 23.8. The molecule has 34 heavy (non-hydrogen) atoms. The molecule has 0 bridgehead atoms. The Bertz CT molecular complexity index is 1140. The molecule has 0 spiro atoms. The number of hydrogen-bond donors (Lipinski definition) is 1. The zero-order chi connectivity index (χ0) is 24.1. The van der Waals surface area contributed by atoms with Crippen molar-refractivity contribution in [3.63, 3.8) is 0 Å². The topological polar surface area (TPSA) is 61.9 Å². The molecule has 4 rings (SSSR count). The lowest BCUT2D eigenvalue weighted by molar-refractivity contribution is -0.135. The van der Waals surface area contributed by atoms with Gasteiger partial charge in [-0.3, -0.25) is 4.79 Å². The number of nitrogens with zero attached hydrogens (tertiary/aromatic N) is 2. The van der Waals surface area contributed by atoms with E-state index in [0.717, 1.165) is 28.9 Å². The molecule has 1 aliphatic heterocycles. The van der Waals surface area contributed by atoms with Crippen LogP contribution in [0, 0.1) is 13.8 Å². The Balaban J connectivity index is 1.46. The fraction of sp³-hybridized carbons (Fsp3) is 0.333. The summed E-state index contributed by atoms with van der Waals surface area (Å²) in [6.45, 7) is 7.35. The van der Waals surface area contributed by atoms with Gasteiger partial charge >= 0.3 is 6.03 Å². The molecule has 6 nitrogen and oxygen atoms in total. The van der Waals surface area contributed by atoms with Crippen LogP contribution in [0.1, 0.15) is 34.5 Å². The second-order valence-electron chi connectivity index (χ2n) is 8.54. The first-order valence-electron chi connectivity index (χ1n) is 11.6. The normalized spacial score (nSPS) is 14.9. The number of urea groups is 1. The van der Waals surface area contributed by atoms with E-state index in [9.17, 15) is 9.59 Å². The Kier molecular flexibility index (Phi) is 7.53. The number of rotatable bonds is 7. The molecule has 7 heteroatoms. The summed E-state index contributed by atoms with van der Waals surface area (Å²) in [6, 6.07) is 17.2. The molecule has 2 aromatic carbocycles. The van der Waals surface area contributed by atoms with Gasteiger partial charge in [-0.1, -0.05) is 35.9 Å². The summed E-state index contributed by atoms with van der Waals surface area (Å²) in [5, 5.41) is 4.97. The summed E-state index contributed by atoms with van der Waals surface area (Å²) in [5.74, 6) is 0.751. The molecule has 3 amide bonds. The number of likely N-dealkylation sites (N-methyl/N-ethyl adjacent to an activating group) is 1. The van der Waals surface area contributed by atoms with Crippen molar-refractivity contribution in [1.29, 1.82) is 0 Å². The highest BCUT2D eigenvalue weighted by Crippen LogP contribution is 2.34. The van der Waals surface area contributed by atoms with E-state index < -0.39 is 0 Å². The van der Waals surface area contributed by atoms with Crippen LogP contribution in [0.3, 0.4) is 0 Å². The number of amides is 3. The maximum absolute atomic E-state index is 13.4. The number of thiophene rings is 1. The quantitative estimate of drug-likeness (QED) is 0.494. The lowest BCUT2D eigenvalue weighted by atomic mass is 10.0. The van der Waals surface area contributed by atoms with Gasteiger partial charge in [0.05, 0.1) is 6.04 Å². The van der Waals surface area contributed by atoms with Gasteiger partial charge in [-0.2, -0.15) is 0 Å². The summed E-state index contributed by atoms with van der Waals surface area (Å²) in [6.07, 6.45) is 0.821. The Hall–Kier alpha value is -3.32. The van der Waals surface area contributed by atoms with E-state index in [1.165, 1.54) is 4.88 Å². The Morgan fingerprint density at radius 1 is 1.12 bits per heavy atom. The van der Waals surface area contributed by atoms with Crippen LogP contribution in [0.2, 0.25) is 0 Å². The molecular weight excluding hydrogens is 446 g/mol. The van der Waals surface area contributed by atoms with Crippen LogP contribution in [-0.4, -0.2) is 48.0 Å². The molecule has 1 N–H and O–H groups in total. The SMILES string of the molecule is CCN(CC(=O)N1CCc2sccc2[C@H]1COc1ccccc1C)C(=O)Nc1ccc(C)cc1. The van der Waals surface area contributed by atoms with E-state index in [1.807, 2.05) is 74.2 Å². The molecule has 178 valence electrons. The number of para-hydroxylation sites is 1. The molecule has 0 saturated heterocycles. The summed E-state index contributed by atoms with van der Waals surface area (Å²) in [4.78, 5) is 31.0. The van der Waals surface area contributed by atoms with Crippen LogP contribution in [0.5, 0.6) is 5.75 Å². The Morgan fingerprint density at radius 3 is 2.62 bits per heavy atom. The molecule has 0 saturated carbocycles. The molecule has 0 unspecified atom stereocenters. The van der Waals surface area contributed by atoms with Crippen LogP contribution < -0.4 is 10.1 Å². The Morgan fingerprint density at radius 2 is 1.88 bits per heavy atom. The summed E-state index contributed by atoms with van der Waals surface area (Å²) < 4.78 is 6.17. The lowest BCUT2D eigenvalue weighted by Crippen LogP contribution is -2.48. The van der Waals surface area contributed by atoms with E-state index in [1.54, 1.807) is 16.2 Å². The van der Waals surface area contributed by atoms with Crippen molar-refractivity contribution in [1.82, 2.24) is 9.80 Å². The van der Waals surface area contributed by atoms with Gasteiger partial charge in [-0.15, -0.1) is 11.3 Å². The molecule has 1 aromatic heterocycles. The van der Waals surface area contributed by atoms with Crippen molar-refractivity contribution in [3.8, 4) is 5.75 Å². The largest absolute Gasteiger partial charge is 0.491 e. The predicted octanol–water partition coefficient (Wildman–Crippen LogP) is 5.42. The van der Waals surface area contributed by atoms with Gasteiger partial charge in [-0.05, 0) is 68.0 Å². The van der Waals surface area contributed by atoms with Crippen molar-refractivity contribution < 1.29 is 14.3 Å². The van der Waals surface area contributed by atoms with Gasteiger partial charge in [-0.25, -0.2) is 4.79 Å². The van der Waals surface area contributed by atoms with Crippen molar-refractivity contribution in [2.45, 2.75) is 33.2 Å². The van der Waals surface area contributed by atoms with E-state index in [-0.39, 0.29) is 24.5 Å². The van der Waals surface area contributed by atoms with E-state index in [2.05, 4.69) is 16.8 Å². The average Bonchev–Trinajstić information content (AvgIpc) is 3.32. The number of carbonyl (C=O) groups excluding carboxylic acids is 2. The first-order valence-corrected chi connectivity index (χ1v) is 12.5. The highest BCUT2D eigenvalue weighted by atomic mass is 32.1. The number of benzene rings is 2. The minimum atomic E-state index is -0.277. The van der Waals surface area contributed by atoms with Crippen LogP contribution in [0.4, 0.5) is 10.5 Å². The van der Waals surface area contributed by atoms with Crippen LogP contribution in [-0.2, 0) is 11.2 Å². The maximum atomic E-state index is 13.4. The number of aryl methyl sites for hydroxylation is 2. The number of carbonyl (C=O) groups is 2. The number of ether oxygens (including phenoxy) is 1. The van der Waals surface area contributed by atoms with Gasteiger partial charge in [0, 0.05) is 23.7 Å². The minimum Gasteiger partial charge on any atom is -0.491 e. The van der Waals surface area contributed by atoms with Crippen molar-refractivity contribution in [2.75, 3.05) is 31.6 Å². The third-order valence-corrected chi connectivity index (χ3v) is 7.20. The van der Waals surface area contributed by atoms with Gasteiger partial charge in [0.25, 0.3) is 0 Å². The molecule has 3 aromatic rings. The fourth-order valence-corrected chi connectivity index (χ4v) is 5.11. The van der Waals surface area contributed by atoms with E-state index in [4.69, 9.17) is 4.74 Å². The number of nitrogens with one attached hydrogen (secondary N) is 1. The molecular formula is C27H31N3O3S. The van der Waals surface area contributed by atoms with Gasteiger partial charge in [0.1, 0.15) is 18.9 Å². The summed E-state index contributed by atoms with van der Waals surface area (Å²) in [7, 11) is 0. The Labute approximate surface area is 205 Å². The molecule has 0 radical (unpaired) electrons. The number of anilines is 1. The van der Waals surface area contributed by atoms with Gasteiger partial charge in [0.2, 0.25) is 5.91 Å². The van der Waals surface area contributed by atoms with Crippen molar-refractivity contribution >= 4 is 29.0 Å². The van der Waals surface area contributed by atoms with Crippen molar-refractivity contribution in [2.24, 2.45) is 0 Å². The average molecular weight is 478 g/mol. The smallest absolute Gasteiger partial charge is 0.322 e. The standard InChI is InChI=1S/C27H31N3O3S/c1-4-29(27(32)28-21-11-9-19(2)10-12-21)17-26(31)30-15-13-25-22(14-16-34-25)23(30)18-33-24-8-6-5-7-20(24)3/h5-12,14,16,23H,4,13,15,17-18H2,1-3H3,(H,28,32)/t23-/m1/s1. The predicted molar refractivity (Wildman–Crippen MR) is 137 cm³/mol. The van der Waals surface area contributed by atoms with Crippen molar-refractivity contribution in [3.05, 3.63) is 81.5 Å². The molecule has 1 atom stereocenters. The third-order valence-electron chi connectivity index (χ3n) is 6.20. The second-order valence-corrected chi connectivity index (χ2v) is 9.54. The third kappa shape index (κ3) is 5.42. The van der Waals surface area contributed by atoms with Gasteiger partial charge in [0.15, 0.2) is 0 Å². The summed E-state index contributed by atoms with van der Waals surface area (Å²) >= 11 is 1.73. The van der Waals surface area contributed by atoms with Crippen LogP contribution >= 0.6 is 11.3 Å². The van der Waals surface area contributed by atoms with Gasteiger partial charge < -0.3 is 19.9 Å². The zero-order valence-electron chi connectivity index (χ0n) is 19.9. The molecule has 2 heterocycles. The van der Waals surface area contributed by atoms with Crippen LogP contribution in [0.15, 0.2) is 60.0 Å². The second kappa shape index (κ2) is 10.7. The number of hydrogen-bond acceptors (Lipinski definition) is 4. The highest BCUT2D eigenvalue weighted by Gasteiger charge is 2.33. The fourth-order valence-electron chi connectivity index (χ4n) is 4.18. The maximum Gasteiger partial charge on any atom is 0.322 e. The lowest BCUT2D eigenvalue weighted by Gasteiger charge is -2.37. The van der Waals surface area contributed by atoms with E-state index >= 15 is 0 Å². The molecule has 0 aliphatic carbocycles. The molecule has 1 aliphatic rings. The molecule has 0 fully saturated rings. The number of fused-ring (bicyclic) bond motifs is 1.